The van der Waals surface area contributed by atoms with E-state index in [1.54, 1.807) is 18.2 Å². The first kappa shape index (κ1) is 15.6. The lowest BCUT2D eigenvalue weighted by Gasteiger charge is -2.06. The van der Waals surface area contributed by atoms with E-state index in [4.69, 9.17) is 0 Å². The van der Waals surface area contributed by atoms with Gasteiger partial charge in [0.15, 0.2) is 0 Å². The summed E-state index contributed by atoms with van der Waals surface area (Å²) in [6.45, 7) is 2.12. The number of amides is 1. The van der Waals surface area contributed by atoms with Gasteiger partial charge < -0.3 is 5.32 Å². The van der Waals surface area contributed by atoms with Crippen molar-refractivity contribution >= 4 is 23.4 Å². The van der Waals surface area contributed by atoms with Gasteiger partial charge in [-0.1, -0.05) is 43.3 Å². The number of thioether (sulfide) groups is 1. The van der Waals surface area contributed by atoms with E-state index in [1.807, 2.05) is 0 Å². The molecule has 0 aliphatic heterocycles. The van der Waals surface area contributed by atoms with Gasteiger partial charge in [0.1, 0.15) is 5.82 Å². The van der Waals surface area contributed by atoms with E-state index in [1.165, 1.54) is 29.0 Å². The number of carbonyl (C=O) groups is 1. The lowest BCUT2D eigenvalue weighted by Crippen LogP contribution is -2.15. The van der Waals surface area contributed by atoms with Crippen LogP contribution in [0.2, 0.25) is 0 Å². The first-order valence-corrected chi connectivity index (χ1v) is 8.04. The number of rotatable bonds is 6. The molecule has 0 spiro atoms. The zero-order chi connectivity index (χ0) is 15.1. The molecule has 0 unspecified atom stereocenters. The first-order valence-electron chi connectivity index (χ1n) is 6.89. The van der Waals surface area contributed by atoms with E-state index in [0.717, 1.165) is 12.2 Å². The number of hydrogen-bond acceptors (Lipinski definition) is 2. The number of hydrogen-bond donors (Lipinski definition) is 1. The van der Waals surface area contributed by atoms with Crippen LogP contribution in [-0.4, -0.2) is 11.7 Å². The molecular formula is C17H18FNOS. The number of nitrogens with one attached hydrogen (secondary N) is 1. The number of benzene rings is 2. The maximum absolute atomic E-state index is 13.4. The zero-order valence-corrected chi connectivity index (χ0v) is 12.8. The lowest BCUT2D eigenvalue weighted by atomic mass is 10.1. The summed E-state index contributed by atoms with van der Waals surface area (Å²) in [7, 11) is 0. The molecule has 0 radical (unpaired) electrons. The van der Waals surface area contributed by atoms with E-state index in [2.05, 4.69) is 36.5 Å². The van der Waals surface area contributed by atoms with Gasteiger partial charge in [0.05, 0.1) is 11.4 Å². The van der Waals surface area contributed by atoms with Crippen molar-refractivity contribution in [1.82, 2.24) is 0 Å². The molecule has 1 amide bonds. The Morgan fingerprint density at radius 1 is 1.10 bits per heavy atom. The molecule has 0 fully saturated rings. The van der Waals surface area contributed by atoms with Crippen molar-refractivity contribution in [3.63, 3.8) is 0 Å². The molecule has 21 heavy (non-hydrogen) atoms. The van der Waals surface area contributed by atoms with Crippen LogP contribution in [0.3, 0.4) is 0 Å². The van der Waals surface area contributed by atoms with Crippen LogP contribution in [-0.2, 0) is 17.0 Å². The van der Waals surface area contributed by atoms with Crippen LogP contribution in [0, 0.1) is 5.82 Å². The highest BCUT2D eigenvalue weighted by Gasteiger charge is 2.06. The molecule has 0 atom stereocenters. The highest BCUT2D eigenvalue weighted by Crippen LogP contribution is 2.16. The quantitative estimate of drug-likeness (QED) is 0.864. The summed E-state index contributed by atoms with van der Waals surface area (Å²) in [6.07, 6.45) is 1.03. The largest absolute Gasteiger partial charge is 0.323 e. The predicted octanol–water partition coefficient (Wildman–Crippen LogP) is 4.26. The minimum Gasteiger partial charge on any atom is -0.323 e. The Hall–Kier alpha value is -1.81. The van der Waals surface area contributed by atoms with Crippen LogP contribution in [0.25, 0.3) is 0 Å². The van der Waals surface area contributed by atoms with Gasteiger partial charge in [-0.2, -0.15) is 0 Å². The Labute approximate surface area is 128 Å². The van der Waals surface area contributed by atoms with E-state index >= 15 is 0 Å². The molecule has 0 bridgehead atoms. The second-order valence-corrected chi connectivity index (χ2v) is 5.68. The molecule has 0 aromatic heterocycles. The van der Waals surface area contributed by atoms with Crippen molar-refractivity contribution < 1.29 is 9.18 Å². The van der Waals surface area contributed by atoms with E-state index < -0.39 is 5.82 Å². The van der Waals surface area contributed by atoms with Crippen LogP contribution in [0.5, 0.6) is 0 Å². The summed E-state index contributed by atoms with van der Waals surface area (Å²) in [6, 6.07) is 14.6. The van der Waals surface area contributed by atoms with Crippen LogP contribution < -0.4 is 5.32 Å². The van der Waals surface area contributed by atoms with Gasteiger partial charge in [0.25, 0.3) is 0 Å². The summed E-state index contributed by atoms with van der Waals surface area (Å²) in [4.78, 5) is 11.8. The minimum absolute atomic E-state index is 0.185. The second kappa shape index (κ2) is 7.84. The van der Waals surface area contributed by atoms with E-state index in [9.17, 15) is 9.18 Å². The Kier molecular flexibility index (Phi) is 5.81. The van der Waals surface area contributed by atoms with Crippen molar-refractivity contribution in [2.75, 3.05) is 11.1 Å². The van der Waals surface area contributed by atoms with Crippen LogP contribution in [0.1, 0.15) is 18.1 Å². The molecule has 2 nitrogen and oxygen atoms in total. The fourth-order valence-corrected chi connectivity index (χ4v) is 2.67. The molecule has 0 saturated carbocycles. The molecule has 2 aromatic carbocycles. The van der Waals surface area contributed by atoms with Gasteiger partial charge in [-0.3, -0.25) is 4.79 Å². The van der Waals surface area contributed by atoms with Crippen LogP contribution in [0.15, 0.2) is 48.5 Å². The van der Waals surface area contributed by atoms with Crippen molar-refractivity contribution in [2.45, 2.75) is 19.1 Å². The molecule has 0 aliphatic carbocycles. The second-order valence-electron chi connectivity index (χ2n) is 4.69. The third-order valence-corrected chi connectivity index (χ3v) is 4.08. The fourth-order valence-electron chi connectivity index (χ4n) is 1.88. The van der Waals surface area contributed by atoms with Gasteiger partial charge >= 0.3 is 0 Å². The normalized spacial score (nSPS) is 10.4. The molecule has 1 N–H and O–H groups in total. The molecule has 4 heteroatoms. The van der Waals surface area contributed by atoms with Crippen molar-refractivity contribution in [1.29, 1.82) is 0 Å². The Morgan fingerprint density at radius 3 is 2.43 bits per heavy atom. The monoisotopic (exact) mass is 303 g/mol. The maximum atomic E-state index is 13.4. The van der Waals surface area contributed by atoms with Crippen LogP contribution >= 0.6 is 11.8 Å². The average Bonchev–Trinajstić information content (AvgIpc) is 2.50. The standard InChI is InChI=1S/C17H18FNOS/c1-2-13-7-9-14(10-8-13)11-21-12-17(20)19-16-6-4-3-5-15(16)18/h3-10H,2,11-12H2,1H3,(H,19,20). The first-order chi connectivity index (χ1) is 10.2. The molecule has 2 rings (SSSR count). The van der Waals surface area contributed by atoms with Crippen molar-refractivity contribution in [3.8, 4) is 0 Å². The minimum atomic E-state index is -0.411. The molecular weight excluding hydrogens is 285 g/mol. The van der Waals surface area contributed by atoms with Crippen molar-refractivity contribution in [2.24, 2.45) is 0 Å². The van der Waals surface area contributed by atoms with Crippen molar-refractivity contribution in [3.05, 3.63) is 65.5 Å². The number of aryl methyl sites for hydroxylation is 1. The number of carbonyl (C=O) groups excluding carboxylic acids is 1. The number of anilines is 1. The molecule has 110 valence electrons. The van der Waals surface area contributed by atoms with E-state index in [-0.39, 0.29) is 11.6 Å². The summed E-state index contributed by atoms with van der Waals surface area (Å²) in [5.74, 6) is 0.486. The summed E-state index contributed by atoms with van der Waals surface area (Å²) in [5.41, 5.74) is 2.73. The third kappa shape index (κ3) is 4.90. The van der Waals surface area contributed by atoms with Gasteiger partial charge in [-0.25, -0.2) is 4.39 Å². The molecule has 0 heterocycles. The molecule has 2 aromatic rings. The van der Waals surface area contributed by atoms with E-state index in [0.29, 0.717) is 5.75 Å². The third-order valence-electron chi connectivity index (χ3n) is 3.08. The van der Waals surface area contributed by atoms with Gasteiger partial charge in [-0.05, 0) is 29.7 Å². The van der Waals surface area contributed by atoms with Gasteiger partial charge in [0.2, 0.25) is 5.91 Å². The van der Waals surface area contributed by atoms with Gasteiger partial charge in [0, 0.05) is 5.75 Å². The van der Waals surface area contributed by atoms with Gasteiger partial charge in [-0.15, -0.1) is 11.8 Å². The Balaban J connectivity index is 1.77. The Morgan fingerprint density at radius 2 is 1.76 bits per heavy atom. The molecule has 0 aliphatic rings. The fraction of sp³-hybridized carbons (Fsp3) is 0.235. The maximum Gasteiger partial charge on any atom is 0.234 e. The smallest absolute Gasteiger partial charge is 0.234 e. The predicted molar refractivity (Wildman–Crippen MR) is 87.0 cm³/mol. The number of halogens is 1. The average molecular weight is 303 g/mol. The Bertz CT molecular complexity index is 598. The SMILES string of the molecule is CCc1ccc(CSCC(=O)Nc2ccccc2F)cc1. The summed E-state index contributed by atoms with van der Waals surface area (Å²) in [5, 5.41) is 2.58. The summed E-state index contributed by atoms with van der Waals surface area (Å²) >= 11 is 1.52. The van der Waals surface area contributed by atoms with Crippen LogP contribution in [0.4, 0.5) is 10.1 Å². The summed E-state index contributed by atoms with van der Waals surface area (Å²) < 4.78 is 13.4. The highest BCUT2D eigenvalue weighted by atomic mass is 32.2. The number of para-hydroxylation sites is 1. The lowest BCUT2D eigenvalue weighted by molar-refractivity contribution is -0.113. The zero-order valence-electron chi connectivity index (χ0n) is 11.9. The molecule has 0 saturated heterocycles. The topological polar surface area (TPSA) is 29.1 Å². The highest BCUT2D eigenvalue weighted by molar-refractivity contribution is 7.99.